The summed E-state index contributed by atoms with van der Waals surface area (Å²) >= 11 is 9.51. The topological polar surface area (TPSA) is 195 Å². The Bertz CT molecular complexity index is 3090. The Morgan fingerprint density at radius 3 is 2.41 bits per heavy atom. The van der Waals surface area contributed by atoms with E-state index < -0.39 is 30.3 Å². The molecule has 1 fully saturated rings. The summed E-state index contributed by atoms with van der Waals surface area (Å²) in [7, 11) is 0. The van der Waals surface area contributed by atoms with Gasteiger partial charge in [-0.05, 0) is 81.0 Å². The number of nitrogens with zero attached hydrogens (tertiary/aromatic N) is 9. The standard InChI is InChI=1S/C51H54ClN11O5S2/c1-27(2)46(50(67)61-25-39(64)19-41(61)49(66)55-22-33-8-10-35(11-9-33)47-30(5)56-26-69-47)62-24-37(23-57-62)36-16-17-53-43(18-36)68-28(3)21-54-42(65)20-40-48-60-59-32(7)63(48)51-44(29(4)31(6)70-51)45(58-40)34-12-14-38(52)15-13-34/h8-18,23-24,26-28,39-41,46,64H,19-22,25H2,1-7H3,(H,54,65)(H,55,66)/t28-,39+,40-,41-,46+/m0/s1. The van der Waals surface area contributed by atoms with Crippen LogP contribution in [0.25, 0.3) is 26.6 Å². The summed E-state index contributed by atoms with van der Waals surface area (Å²) in [4.78, 5) is 59.4. The SMILES string of the molecule is Cc1ncsc1-c1ccc(CNC(=O)[C@@H]2C[C@@H](O)CN2C(=O)[C@@H](C(C)C)n2cc(-c3ccnc(O[C@@H](C)CNC(=O)C[C@@H]4N=C(c5ccc(Cl)cc5)c5c(sc(C)c5C)-n5c(C)nnc54)c3)cn2)cc1. The zero-order chi connectivity index (χ0) is 49.4. The van der Waals surface area contributed by atoms with Gasteiger partial charge in [-0.25, -0.2) is 9.97 Å². The third-order valence-electron chi connectivity index (χ3n) is 12.8. The van der Waals surface area contributed by atoms with E-state index in [1.807, 2.05) is 99.3 Å². The first kappa shape index (κ1) is 48.4. The minimum atomic E-state index is -0.838. The second-order valence-corrected chi connectivity index (χ2v) is 20.7. The number of carbonyl (C=O) groups is 3. The molecule has 362 valence electrons. The highest BCUT2D eigenvalue weighted by molar-refractivity contribution is 7.15. The first-order chi connectivity index (χ1) is 33.6. The number of hydrogen-bond acceptors (Lipinski definition) is 13. The summed E-state index contributed by atoms with van der Waals surface area (Å²) in [5.74, 6) is 0.600. The molecule has 9 rings (SSSR count). The van der Waals surface area contributed by atoms with Crippen LogP contribution in [0.3, 0.4) is 0 Å². The zero-order valence-electron chi connectivity index (χ0n) is 39.9. The molecule has 3 N–H and O–H groups in total. The van der Waals surface area contributed by atoms with Gasteiger partial charge < -0.3 is 25.4 Å². The van der Waals surface area contributed by atoms with Crippen LogP contribution < -0.4 is 15.4 Å². The molecule has 0 spiro atoms. The fraction of sp³-hybridized carbons (Fsp3) is 0.353. The minimum absolute atomic E-state index is 0.0305. The van der Waals surface area contributed by atoms with Gasteiger partial charge >= 0.3 is 0 Å². The van der Waals surface area contributed by atoms with E-state index in [0.29, 0.717) is 22.6 Å². The number of fused-ring (bicyclic) bond motifs is 3. The number of thiophene rings is 1. The summed E-state index contributed by atoms with van der Waals surface area (Å²) in [6.45, 7) is 14.3. The molecule has 70 heavy (non-hydrogen) atoms. The molecule has 0 radical (unpaired) electrons. The van der Waals surface area contributed by atoms with E-state index in [1.165, 1.54) is 4.90 Å². The quantitative estimate of drug-likeness (QED) is 0.0908. The Labute approximate surface area is 418 Å². The average molecular weight is 1000 g/mol. The van der Waals surface area contributed by atoms with Crippen LogP contribution in [0.15, 0.2) is 89.8 Å². The van der Waals surface area contributed by atoms with Gasteiger partial charge in [-0.1, -0.05) is 61.8 Å². The number of aromatic nitrogens is 7. The van der Waals surface area contributed by atoms with Crippen LogP contribution in [0.1, 0.15) is 90.2 Å². The van der Waals surface area contributed by atoms with Gasteiger partial charge in [0.05, 0.1) is 47.1 Å². The predicted molar refractivity (Wildman–Crippen MR) is 271 cm³/mol. The Balaban J connectivity index is 0.831. The number of likely N-dealkylation sites (tertiary alicyclic amines) is 1. The van der Waals surface area contributed by atoms with Gasteiger partial charge in [-0.15, -0.1) is 32.9 Å². The monoisotopic (exact) mass is 999 g/mol. The van der Waals surface area contributed by atoms with Gasteiger partial charge in [0.15, 0.2) is 5.82 Å². The van der Waals surface area contributed by atoms with Crippen molar-refractivity contribution in [2.75, 3.05) is 13.1 Å². The van der Waals surface area contributed by atoms with Crippen molar-refractivity contribution in [3.63, 3.8) is 0 Å². The maximum absolute atomic E-state index is 14.3. The smallest absolute Gasteiger partial charge is 0.248 e. The number of amides is 3. The molecule has 3 amide bonds. The third-order valence-corrected chi connectivity index (χ3v) is 15.2. The first-order valence-corrected chi connectivity index (χ1v) is 25.3. The van der Waals surface area contributed by atoms with Crippen LogP contribution in [0.4, 0.5) is 0 Å². The highest BCUT2D eigenvalue weighted by Gasteiger charge is 2.42. The van der Waals surface area contributed by atoms with E-state index in [-0.39, 0.29) is 56.1 Å². The van der Waals surface area contributed by atoms with Crippen LogP contribution >= 0.6 is 34.3 Å². The van der Waals surface area contributed by atoms with Crippen LogP contribution in [-0.4, -0.2) is 99.3 Å². The first-order valence-electron chi connectivity index (χ1n) is 23.2. The molecule has 7 aromatic rings. The lowest BCUT2D eigenvalue weighted by atomic mass is 9.99. The maximum Gasteiger partial charge on any atom is 0.248 e. The molecule has 2 aliphatic heterocycles. The highest BCUT2D eigenvalue weighted by atomic mass is 35.5. The van der Waals surface area contributed by atoms with E-state index in [4.69, 9.17) is 21.3 Å². The molecule has 16 nitrogen and oxygen atoms in total. The summed E-state index contributed by atoms with van der Waals surface area (Å²) < 4.78 is 9.85. The molecule has 5 aromatic heterocycles. The molecule has 0 bridgehead atoms. The molecule has 2 aliphatic rings. The number of aliphatic imine (C=N–C) groups is 1. The van der Waals surface area contributed by atoms with E-state index in [0.717, 1.165) is 65.1 Å². The lowest BCUT2D eigenvalue weighted by molar-refractivity contribution is -0.142. The molecule has 0 saturated carbocycles. The molecule has 0 aliphatic carbocycles. The van der Waals surface area contributed by atoms with Crippen molar-refractivity contribution in [2.24, 2.45) is 10.9 Å². The number of aryl methyl sites for hydroxylation is 3. The fourth-order valence-corrected chi connectivity index (χ4v) is 11.2. The van der Waals surface area contributed by atoms with Crippen molar-refractivity contribution in [1.29, 1.82) is 0 Å². The molecule has 7 heterocycles. The molecule has 1 saturated heterocycles. The van der Waals surface area contributed by atoms with Crippen molar-refractivity contribution < 1.29 is 24.2 Å². The fourth-order valence-electron chi connectivity index (χ4n) is 9.02. The second kappa shape index (κ2) is 20.4. The van der Waals surface area contributed by atoms with Crippen molar-refractivity contribution in [1.82, 2.24) is 50.0 Å². The van der Waals surface area contributed by atoms with Gasteiger partial charge in [0.1, 0.15) is 35.1 Å². The van der Waals surface area contributed by atoms with E-state index in [9.17, 15) is 19.5 Å². The van der Waals surface area contributed by atoms with Crippen LogP contribution in [0.2, 0.25) is 5.02 Å². The largest absolute Gasteiger partial charge is 0.473 e. The Kier molecular flexibility index (Phi) is 14.1. The number of thiazole rings is 1. The number of pyridine rings is 1. The number of hydrogen-bond donors (Lipinski definition) is 3. The molecular weight excluding hydrogens is 946 g/mol. The van der Waals surface area contributed by atoms with Crippen molar-refractivity contribution in [2.45, 2.75) is 98.2 Å². The van der Waals surface area contributed by atoms with Gasteiger partial charge in [0.2, 0.25) is 23.6 Å². The van der Waals surface area contributed by atoms with Crippen LogP contribution in [-0.2, 0) is 20.9 Å². The molecule has 0 unspecified atom stereocenters. The summed E-state index contributed by atoms with van der Waals surface area (Å²) in [6.07, 6.45) is 3.97. The number of ether oxygens (including phenoxy) is 1. The predicted octanol–water partition coefficient (Wildman–Crippen LogP) is 7.94. The summed E-state index contributed by atoms with van der Waals surface area (Å²) in [6, 6.07) is 16.9. The van der Waals surface area contributed by atoms with Gasteiger partial charge in [0, 0.05) is 64.6 Å². The Morgan fingerprint density at radius 1 is 0.929 bits per heavy atom. The van der Waals surface area contributed by atoms with E-state index in [2.05, 4.69) is 49.7 Å². The molecule has 2 aromatic carbocycles. The molecular formula is C51H54ClN11O5S2. The van der Waals surface area contributed by atoms with E-state index >= 15 is 0 Å². The van der Waals surface area contributed by atoms with Crippen LogP contribution in [0.5, 0.6) is 5.88 Å². The Morgan fingerprint density at radius 2 is 1.69 bits per heavy atom. The second-order valence-electron chi connectivity index (χ2n) is 18.2. The third kappa shape index (κ3) is 10.0. The number of aliphatic hydroxyl groups excluding tert-OH is 1. The molecule has 19 heteroatoms. The zero-order valence-corrected chi connectivity index (χ0v) is 42.3. The van der Waals surface area contributed by atoms with Gasteiger partial charge in [-0.2, -0.15) is 5.10 Å². The normalized spacial score (nSPS) is 17.4. The number of β-amino-alcohol motifs (C(OH)–C–C–N with tert-alkyl or cyclic N) is 1. The summed E-state index contributed by atoms with van der Waals surface area (Å²) in [5, 5.41) is 31.9. The Hall–Kier alpha value is -6.60. The number of aliphatic hydroxyl groups is 1. The van der Waals surface area contributed by atoms with Gasteiger partial charge in [-0.3, -0.25) is 28.6 Å². The highest BCUT2D eigenvalue weighted by Crippen LogP contribution is 2.40. The van der Waals surface area contributed by atoms with Crippen molar-refractivity contribution in [3.05, 3.63) is 134 Å². The average Bonchev–Trinajstić information content (AvgIpc) is 4.19. The lowest BCUT2D eigenvalue weighted by Crippen LogP contribution is -2.49. The van der Waals surface area contributed by atoms with E-state index in [1.54, 1.807) is 52.0 Å². The maximum atomic E-state index is 14.3. The molecule has 5 atom stereocenters. The number of benzene rings is 2. The van der Waals surface area contributed by atoms with Crippen LogP contribution in [0, 0.1) is 33.6 Å². The number of carbonyl (C=O) groups excluding carboxylic acids is 3. The number of nitrogens with one attached hydrogen (secondary N) is 2. The number of halogens is 1. The number of rotatable bonds is 15. The minimum Gasteiger partial charge on any atom is -0.473 e. The van der Waals surface area contributed by atoms with Gasteiger partial charge in [0.25, 0.3) is 0 Å². The van der Waals surface area contributed by atoms with Crippen molar-refractivity contribution >= 4 is 57.7 Å². The lowest BCUT2D eigenvalue weighted by Gasteiger charge is -2.30. The van der Waals surface area contributed by atoms with Crippen molar-refractivity contribution in [3.8, 4) is 32.4 Å². The summed E-state index contributed by atoms with van der Waals surface area (Å²) in [5.41, 5.74) is 10.0.